The van der Waals surface area contributed by atoms with Crippen LogP contribution in [0.15, 0.2) is 29.2 Å². The zero-order valence-corrected chi connectivity index (χ0v) is 12.5. The van der Waals surface area contributed by atoms with Gasteiger partial charge in [0, 0.05) is 16.6 Å². The third-order valence-electron chi connectivity index (χ3n) is 3.95. The highest BCUT2D eigenvalue weighted by molar-refractivity contribution is 7.99. The summed E-state index contributed by atoms with van der Waals surface area (Å²) in [5, 5.41) is 6.42. The number of carbonyl (C=O) groups excluding carboxylic acids is 1. The number of fused-ring (bicyclic) bond motifs is 1. The van der Waals surface area contributed by atoms with Crippen molar-refractivity contribution >= 4 is 30.1 Å². The second-order valence-electron chi connectivity index (χ2n) is 5.12. The van der Waals surface area contributed by atoms with E-state index in [1.54, 1.807) is 0 Å². The van der Waals surface area contributed by atoms with E-state index in [1.165, 1.54) is 10.5 Å². The highest BCUT2D eigenvalue weighted by atomic mass is 35.5. The molecule has 3 nitrogen and oxygen atoms in total. The number of thioether (sulfide) groups is 1. The zero-order chi connectivity index (χ0) is 12.5. The molecule has 0 aromatic heterocycles. The molecule has 2 N–H and O–H groups in total. The van der Waals surface area contributed by atoms with Gasteiger partial charge in [-0.05, 0) is 30.6 Å². The Morgan fingerprint density at radius 2 is 2.16 bits per heavy atom. The molecule has 3 rings (SSSR count). The molecule has 19 heavy (non-hydrogen) atoms. The van der Waals surface area contributed by atoms with Crippen molar-refractivity contribution in [1.29, 1.82) is 0 Å². The van der Waals surface area contributed by atoms with Gasteiger partial charge in [-0.15, -0.1) is 24.2 Å². The average molecular weight is 299 g/mol. The molecule has 2 unspecified atom stereocenters. The molecule has 1 aromatic carbocycles. The van der Waals surface area contributed by atoms with Crippen molar-refractivity contribution in [3.05, 3.63) is 29.8 Å². The van der Waals surface area contributed by atoms with Crippen LogP contribution in [0.3, 0.4) is 0 Å². The number of hydrogen-bond donors (Lipinski definition) is 2. The number of hydrogen-bond acceptors (Lipinski definition) is 3. The molecule has 5 heteroatoms. The lowest BCUT2D eigenvalue weighted by atomic mass is 9.88. The van der Waals surface area contributed by atoms with E-state index in [-0.39, 0.29) is 30.3 Å². The Kier molecular flexibility index (Phi) is 4.76. The van der Waals surface area contributed by atoms with Crippen molar-refractivity contribution in [2.75, 3.05) is 18.8 Å². The lowest BCUT2D eigenvalue weighted by Gasteiger charge is -2.32. The first-order chi connectivity index (χ1) is 8.75. The summed E-state index contributed by atoms with van der Waals surface area (Å²) in [6.07, 6.45) is 0. The van der Waals surface area contributed by atoms with Crippen LogP contribution in [0.2, 0.25) is 0 Å². The number of benzene rings is 1. The Balaban J connectivity index is 0.00000133. The Bertz CT molecular complexity index is 465. The summed E-state index contributed by atoms with van der Waals surface area (Å²) in [5.74, 6) is 1.78. The van der Waals surface area contributed by atoms with Crippen LogP contribution in [-0.4, -0.2) is 24.7 Å². The van der Waals surface area contributed by atoms with Crippen LogP contribution in [-0.2, 0) is 4.79 Å². The Morgan fingerprint density at radius 1 is 1.42 bits per heavy atom. The molecule has 104 valence electrons. The van der Waals surface area contributed by atoms with Gasteiger partial charge in [0.2, 0.25) is 5.91 Å². The fourth-order valence-corrected chi connectivity index (χ4v) is 3.62. The highest BCUT2D eigenvalue weighted by Gasteiger charge is 2.31. The monoisotopic (exact) mass is 298 g/mol. The first-order valence-electron chi connectivity index (χ1n) is 6.48. The van der Waals surface area contributed by atoms with Crippen LogP contribution < -0.4 is 10.6 Å². The van der Waals surface area contributed by atoms with E-state index >= 15 is 0 Å². The minimum atomic E-state index is 0. The first-order valence-corrected chi connectivity index (χ1v) is 7.47. The van der Waals surface area contributed by atoms with Crippen LogP contribution in [0, 0.1) is 11.8 Å². The molecule has 2 aliphatic heterocycles. The SMILES string of the molecule is CC(C(=O)NC1CSc2ccccc21)C1CNC1.Cl. The maximum absolute atomic E-state index is 12.2. The summed E-state index contributed by atoms with van der Waals surface area (Å²) in [6, 6.07) is 8.54. The zero-order valence-electron chi connectivity index (χ0n) is 10.9. The number of nitrogens with one attached hydrogen (secondary N) is 2. The van der Waals surface area contributed by atoms with E-state index in [9.17, 15) is 4.79 Å². The largest absolute Gasteiger partial charge is 0.348 e. The molecule has 1 amide bonds. The number of carbonyl (C=O) groups is 1. The second kappa shape index (κ2) is 6.16. The molecule has 2 aliphatic rings. The molecular weight excluding hydrogens is 280 g/mol. The topological polar surface area (TPSA) is 41.1 Å². The maximum Gasteiger partial charge on any atom is 0.223 e. The Labute approximate surface area is 124 Å². The van der Waals surface area contributed by atoms with E-state index in [0.29, 0.717) is 5.92 Å². The van der Waals surface area contributed by atoms with E-state index < -0.39 is 0 Å². The van der Waals surface area contributed by atoms with Gasteiger partial charge in [0.05, 0.1) is 6.04 Å². The normalized spacial score (nSPS) is 22.9. The van der Waals surface area contributed by atoms with Crippen molar-refractivity contribution in [3.8, 4) is 0 Å². The summed E-state index contributed by atoms with van der Waals surface area (Å²) in [7, 11) is 0. The van der Waals surface area contributed by atoms with Crippen molar-refractivity contribution in [2.24, 2.45) is 11.8 Å². The average Bonchev–Trinajstić information content (AvgIpc) is 2.70. The Hall–Kier alpha value is -0.710. The van der Waals surface area contributed by atoms with Gasteiger partial charge in [-0.3, -0.25) is 4.79 Å². The van der Waals surface area contributed by atoms with E-state index in [1.807, 2.05) is 24.8 Å². The highest BCUT2D eigenvalue weighted by Crippen LogP contribution is 2.37. The Morgan fingerprint density at radius 3 is 2.84 bits per heavy atom. The summed E-state index contributed by atoms with van der Waals surface area (Å²) in [5.41, 5.74) is 1.27. The van der Waals surface area contributed by atoms with Gasteiger partial charge in [-0.2, -0.15) is 0 Å². The predicted molar refractivity (Wildman–Crippen MR) is 80.8 cm³/mol. The number of amides is 1. The molecule has 1 saturated heterocycles. The summed E-state index contributed by atoms with van der Waals surface area (Å²) in [6.45, 7) is 3.99. The lowest BCUT2D eigenvalue weighted by Crippen LogP contribution is -2.50. The fraction of sp³-hybridized carbons (Fsp3) is 0.500. The predicted octanol–water partition coefficient (Wildman–Crippen LogP) is 2.23. The molecule has 0 saturated carbocycles. The van der Waals surface area contributed by atoms with Gasteiger partial charge in [0.25, 0.3) is 0 Å². The van der Waals surface area contributed by atoms with Crippen molar-refractivity contribution < 1.29 is 4.79 Å². The van der Waals surface area contributed by atoms with Gasteiger partial charge in [0.1, 0.15) is 0 Å². The molecular formula is C14H19ClN2OS. The van der Waals surface area contributed by atoms with Crippen LogP contribution in [0.25, 0.3) is 0 Å². The molecule has 0 spiro atoms. The quantitative estimate of drug-likeness (QED) is 0.899. The van der Waals surface area contributed by atoms with E-state index in [4.69, 9.17) is 0 Å². The third-order valence-corrected chi connectivity index (χ3v) is 5.13. The van der Waals surface area contributed by atoms with Gasteiger partial charge in [0.15, 0.2) is 0 Å². The molecule has 0 radical (unpaired) electrons. The van der Waals surface area contributed by atoms with Gasteiger partial charge < -0.3 is 10.6 Å². The molecule has 0 bridgehead atoms. The van der Waals surface area contributed by atoms with Crippen LogP contribution in [0.1, 0.15) is 18.5 Å². The molecule has 2 atom stereocenters. The second-order valence-corrected chi connectivity index (χ2v) is 6.18. The molecule has 1 aromatic rings. The van der Waals surface area contributed by atoms with Crippen LogP contribution in [0.5, 0.6) is 0 Å². The minimum Gasteiger partial charge on any atom is -0.348 e. The standard InChI is InChI=1S/C14H18N2OS.ClH/c1-9(10-6-15-7-10)14(17)16-12-8-18-13-5-3-2-4-11(12)13;/h2-5,9-10,12,15H,6-8H2,1H3,(H,16,17);1H. The van der Waals surface area contributed by atoms with Gasteiger partial charge in [-0.1, -0.05) is 25.1 Å². The van der Waals surface area contributed by atoms with E-state index in [0.717, 1.165) is 18.8 Å². The molecule has 0 aliphatic carbocycles. The van der Waals surface area contributed by atoms with Crippen molar-refractivity contribution in [3.63, 3.8) is 0 Å². The van der Waals surface area contributed by atoms with Crippen LogP contribution in [0.4, 0.5) is 0 Å². The van der Waals surface area contributed by atoms with Crippen molar-refractivity contribution in [1.82, 2.24) is 10.6 Å². The van der Waals surface area contributed by atoms with E-state index in [2.05, 4.69) is 28.8 Å². The number of rotatable bonds is 3. The third kappa shape index (κ3) is 2.91. The van der Waals surface area contributed by atoms with Gasteiger partial charge in [-0.25, -0.2) is 0 Å². The molecule has 1 fully saturated rings. The first kappa shape index (κ1) is 14.7. The fourth-order valence-electron chi connectivity index (χ4n) is 2.46. The molecule has 2 heterocycles. The summed E-state index contributed by atoms with van der Waals surface area (Å²) >= 11 is 1.83. The van der Waals surface area contributed by atoms with Crippen LogP contribution >= 0.6 is 24.2 Å². The van der Waals surface area contributed by atoms with Crippen molar-refractivity contribution in [2.45, 2.75) is 17.9 Å². The number of halogens is 1. The maximum atomic E-state index is 12.2. The minimum absolute atomic E-state index is 0. The smallest absolute Gasteiger partial charge is 0.223 e. The summed E-state index contributed by atoms with van der Waals surface area (Å²) in [4.78, 5) is 13.5. The summed E-state index contributed by atoms with van der Waals surface area (Å²) < 4.78 is 0. The lowest BCUT2D eigenvalue weighted by molar-refractivity contribution is -0.127. The van der Waals surface area contributed by atoms with Gasteiger partial charge >= 0.3 is 0 Å².